The van der Waals surface area contributed by atoms with E-state index in [0.29, 0.717) is 5.69 Å². The van der Waals surface area contributed by atoms with Crippen LogP contribution in [0.1, 0.15) is 45.2 Å². The van der Waals surface area contributed by atoms with Crippen molar-refractivity contribution in [2.45, 2.75) is 25.7 Å². The molecule has 3 nitrogen and oxygen atoms in total. The molecule has 1 fully saturated rings. The zero-order valence-corrected chi connectivity index (χ0v) is 16.4. The highest BCUT2D eigenvalue weighted by Gasteiger charge is 2.61. The number of benzene rings is 3. The molecule has 4 aliphatic rings. The van der Waals surface area contributed by atoms with Gasteiger partial charge in [-0.15, -0.1) is 0 Å². The zero-order chi connectivity index (χ0) is 19.9. The van der Waals surface area contributed by atoms with Gasteiger partial charge < -0.3 is 0 Å². The quantitative estimate of drug-likeness (QED) is 0.575. The van der Waals surface area contributed by atoms with Gasteiger partial charge in [-0.3, -0.25) is 9.59 Å². The lowest BCUT2D eigenvalue weighted by Gasteiger charge is -2.45. The first-order chi connectivity index (χ1) is 14.1. The molecule has 3 aliphatic carbocycles. The van der Waals surface area contributed by atoms with Crippen LogP contribution >= 0.6 is 0 Å². The molecule has 3 aromatic carbocycles. The maximum Gasteiger partial charge on any atom is 0.238 e. The van der Waals surface area contributed by atoms with Crippen LogP contribution in [0, 0.1) is 25.7 Å². The Labute approximate surface area is 170 Å². The van der Waals surface area contributed by atoms with Crippen LogP contribution in [0.3, 0.4) is 0 Å². The summed E-state index contributed by atoms with van der Waals surface area (Å²) >= 11 is 0. The lowest BCUT2D eigenvalue weighted by Crippen LogP contribution is -2.41. The van der Waals surface area contributed by atoms with Gasteiger partial charge in [0.05, 0.1) is 17.5 Å². The van der Waals surface area contributed by atoms with Crippen LogP contribution in [0.2, 0.25) is 0 Å². The summed E-state index contributed by atoms with van der Waals surface area (Å²) in [5.74, 6) is -0.849. The fourth-order valence-electron chi connectivity index (χ4n) is 5.80. The van der Waals surface area contributed by atoms with Crippen LogP contribution in [0.25, 0.3) is 0 Å². The Hall–Kier alpha value is -3.20. The molecule has 1 aliphatic heterocycles. The molecule has 0 saturated carbocycles. The minimum absolute atomic E-state index is 0.0506. The first-order valence-corrected chi connectivity index (χ1v) is 10.2. The van der Waals surface area contributed by atoms with Crippen LogP contribution in [-0.4, -0.2) is 11.8 Å². The molecular formula is C26H21NO2. The Morgan fingerprint density at radius 1 is 0.621 bits per heavy atom. The molecule has 0 N–H and O–H groups in total. The maximum absolute atomic E-state index is 13.7. The summed E-state index contributed by atoms with van der Waals surface area (Å²) < 4.78 is 0. The van der Waals surface area contributed by atoms with E-state index >= 15 is 0 Å². The van der Waals surface area contributed by atoms with E-state index in [9.17, 15) is 9.59 Å². The van der Waals surface area contributed by atoms with E-state index in [1.807, 2.05) is 56.3 Å². The molecule has 29 heavy (non-hydrogen) atoms. The molecule has 1 heterocycles. The Bertz CT molecular complexity index is 1100. The van der Waals surface area contributed by atoms with Gasteiger partial charge in [0, 0.05) is 11.8 Å². The number of imide groups is 1. The van der Waals surface area contributed by atoms with Crippen molar-refractivity contribution in [3.63, 3.8) is 0 Å². The van der Waals surface area contributed by atoms with Gasteiger partial charge in [-0.2, -0.15) is 0 Å². The topological polar surface area (TPSA) is 37.4 Å². The number of carbonyl (C=O) groups is 2. The smallest absolute Gasteiger partial charge is 0.238 e. The fraction of sp³-hybridized carbons (Fsp3) is 0.231. The van der Waals surface area contributed by atoms with Crippen molar-refractivity contribution in [2.24, 2.45) is 11.8 Å². The van der Waals surface area contributed by atoms with Crippen LogP contribution in [0.4, 0.5) is 5.69 Å². The number of nitrogens with zero attached hydrogens (tertiary/aromatic N) is 1. The standard InChI is InChI=1S/C26H21NO2/c1-14-11-12-16(13-15(14)2)27-25(28)23-21-17-7-3-4-8-18(17)22(24(23)26(27)29)20-10-6-5-9-19(20)21/h3-13,21-24H,1-2H3/t21?,22?,23-,24-/m1/s1. The predicted octanol–water partition coefficient (Wildman–Crippen LogP) is 4.70. The summed E-state index contributed by atoms with van der Waals surface area (Å²) in [5.41, 5.74) is 7.78. The van der Waals surface area contributed by atoms with E-state index in [1.165, 1.54) is 27.2 Å². The number of hydrogen-bond acceptors (Lipinski definition) is 2. The van der Waals surface area contributed by atoms with Gasteiger partial charge in [0.15, 0.2) is 0 Å². The summed E-state index contributed by atoms with van der Waals surface area (Å²) in [7, 11) is 0. The van der Waals surface area contributed by atoms with Crippen molar-refractivity contribution in [1.82, 2.24) is 0 Å². The van der Waals surface area contributed by atoms with Gasteiger partial charge in [0.25, 0.3) is 0 Å². The van der Waals surface area contributed by atoms with Gasteiger partial charge in [-0.25, -0.2) is 4.90 Å². The number of aryl methyl sites for hydroxylation is 2. The van der Waals surface area contributed by atoms with Crippen molar-refractivity contribution in [1.29, 1.82) is 0 Å². The number of rotatable bonds is 1. The third-order valence-electron chi connectivity index (χ3n) is 7.20. The largest absolute Gasteiger partial charge is 0.274 e. The first-order valence-electron chi connectivity index (χ1n) is 10.2. The number of carbonyl (C=O) groups excluding carboxylic acids is 2. The summed E-state index contributed by atoms with van der Waals surface area (Å²) in [6, 6.07) is 22.6. The van der Waals surface area contributed by atoms with E-state index < -0.39 is 0 Å². The second-order valence-corrected chi connectivity index (χ2v) is 8.55. The average molecular weight is 379 g/mol. The van der Waals surface area contributed by atoms with Gasteiger partial charge in [0.1, 0.15) is 0 Å². The Morgan fingerprint density at radius 2 is 1.07 bits per heavy atom. The van der Waals surface area contributed by atoms with Crippen LogP contribution < -0.4 is 4.90 Å². The molecule has 2 atom stereocenters. The molecule has 2 bridgehead atoms. The second-order valence-electron chi connectivity index (χ2n) is 8.55. The van der Waals surface area contributed by atoms with Gasteiger partial charge in [0.2, 0.25) is 11.8 Å². The average Bonchev–Trinajstić information content (AvgIpc) is 3.01. The molecule has 1 saturated heterocycles. The molecule has 0 spiro atoms. The third kappa shape index (κ3) is 2.02. The lowest BCUT2D eigenvalue weighted by molar-refractivity contribution is -0.122. The SMILES string of the molecule is Cc1ccc(N2C(=O)[C@@H]3C4c5ccccc5C(c5ccccc54)[C@H]3C2=O)cc1C. The summed E-state index contributed by atoms with van der Waals surface area (Å²) in [6.45, 7) is 4.06. The highest BCUT2D eigenvalue weighted by molar-refractivity contribution is 6.23. The normalized spacial score (nSPS) is 26.3. The van der Waals surface area contributed by atoms with Gasteiger partial charge >= 0.3 is 0 Å². The lowest BCUT2D eigenvalue weighted by atomic mass is 9.55. The van der Waals surface area contributed by atoms with Crippen molar-refractivity contribution in [2.75, 3.05) is 4.90 Å². The van der Waals surface area contributed by atoms with Gasteiger partial charge in [-0.1, -0.05) is 54.6 Å². The van der Waals surface area contributed by atoms with Crippen molar-refractivity contribution >= 4 is 17.5 Å². The summed E-state index contributed by atoms with van der Waals surface area (Å²) in [4.78, 5) is 28.8. The molecule has 2 amide bonds. The third-order valence-corrected chi connectivity index (χ3v) is 7.20. The van der Waals surface area contributed by atoms with Crippen molar-refractivity contribution in [3.05, 3.63) is 100 Å². The van der Waals surface area contributed by atoms with Crippen LogP contribution in [0.5, 0.6) is 0 Å². The molecule has 3 heteroatoms. The second kappa shape index (κ2) is 5.66. The van der Waals surface area contributed by atoms with E-state index in [2.05, 4.69) is 24.3 Å². The monoisotopic (exact) mass is 379 g/mol. The molecule has 0 radical (unpaired) electrons. The molecule has 0 aromatic heterocycles. The molecule has 7 rings (SSSR count). The molecular weight excluding hydrogens is 358 g/mol. The highest BCUT2D eigenvalue weighted by atomic mass is 16.2. The Morgan fingerprint density at radius 3 is 1.48 bits per heavy atom. The molecule has 3 aromatic rings. The minimum Gasteiger partial charge on any atom is -0.274 e. The Balaban J connectivity index is 1.56. The maximum atomic E-state index is 13.7. The molecule has 142 valence electrons. The summed E-state index contributed by atoms with van der Waals surface area (Å²) in [6.07, 6.45) is 0. The van der Waals surface area contributed by atoms with E-state index in [0.717, 1.165) is 11.1 Å². The fourth-order valence-corrected chi connectivity index (χ4v) is 5.80. The number of amides is 2. The van der Waals surface area contributed by atoms with E-state index in [4.69, 9.17) is 0 Å². The highest BCUT2D eigenvalue weighted by Crippen LogP contribution is 2.61. The molecule has 0 unspecified atom stereocenters. The number of hydrogen-bond donors (Lipinski definition) is 0. The Kier molecular flexibility index (Phi) is 3.27. The van der Waals surface area contributed by atoms with Crippen molar-refractivity contribution < 1.29 is 9.59 Å². The van der Waals surface area contributed by atoms with E-state index in [1.54, 1.807) is 0 Å². The van der Waals surface area contributed by atoms with Crippen LogP contribution in [-0.2, 0) is 9.59 Å². The predicted molar refractivity (Wildman–Crippen MR) is 112 cm³/mol. The first kappa shape index (κ1) is 16.7. The zero-order valence-electron chi connectivity index (χ0n) is 16.4. The van der Waals surface area contributed by atoms with Crippen LogP contribution in [0.15, 0.2) is 66.7 Å². The van der Waals surface area contributed by atoms with Gasteiger partial charge in [-0.05, 0) is 59.4 Å². The minimum atomic E-state index is -0.320. The number of anilines is 1. The van der Waals surface area contributed by atoms with Crippen molar-refractivity contribution in [3.8, 4) is 0 Å². The summed E-state index contributed by atoms with van der Waals surface area (Å²) in [5, 5.41) is 0. The van der Waals surface area contributed by atoms with E-state index in [-0.39, 0.29) is 35.5 Å².